The van der Waals surface area contributed by atoms with Gasteiger partial charge in [0.2, 0.25) is 0 Å². The number of benzene rings is 2. The van der Waals surface area contributed by atoms with Gasteiger partial charge >= 0.3 is 0 Å². The first-order valence-electron chi connectivity index (χ1n) is 7.71. The van der Waals surface area contributed by atoms with Gasteiger partial charge in [0.25, 0.3) is 0 Å². The number of aliphatic hydroxyl groups is 1. The lowest BCUT2D eigenvalue weighted by Crippen LogP contribution is -2.20. The quantitative estimate of drug-likeness (QED) is 0.830. The van der Waals surface area contributed by atoms with Gasteiger partial charge in [0.1, 0.15) is 12.4 Å². The first-order valence-corrected chi connectivity index (χ1v) is 8.50. The third kappa shape index (κ3) is 3.98. The van der Waals surface area contributed by atoms with Gasteiger partial charge in [-0.1, -0.05) is 53.7 Å². The molecule has 2 nitrogen and oxygen atoms in total. The van der Waals surface area contributed by atoms with E-state index in [-0.39, 0.29) is 6.10 Å². The van der Waals surface area contributed by atoms with Crippen molar-refractivity contribution in [3.05, 3.63) is 40.9 Å². The molecule has 0 aliphatic heterocycles. The topological polar surface area (TPSA) is 29.5 Å². The molecule has 0 saturated heterocycles. The first kappa shape index (κ1) is 14.9. The third-order valence-electron chi connectivity index (χ3n) is 4.30. The van der Waals surface area contributed by atoms with E-state index in [0.29, 0.717) is 12.5 Å². The minimum absolute atomic E-state index is 0.353. The van der Waals surface area contributed by atoms with Crippen LogP contribution >= 0.6 is 15.9 Å². The normalized spacial score (nSPS) is 17.2. The molecule has 1 fully saturated rings. The Bertz CT molecular complexity index is 605. The molecule has 1 unspecified atom stereocenters. The van der Waals surface area contributed by atoms with Gasteiger partial charge < -0.3 is 9.84 Å². The zero-order chi connectivity index (χ0) is 14.7. The van der Waals surface area contributed by atoms with Crippen molar-refractivity contribution in [2.24, 2.45) is 5.92 Å². The Kier molecular flexibility index (Phi) is 4.81. The molecule has 0 heterocycles. The van der Waals surface area contributed by atoms with Crippen molar-refractivity contribution in [3.63, 3.8) is 0 Å². The second kappa shape index (κ2) is 6.80. The van der Waals surface area contributed by atoms with Crippen LogP contribution in [0.25, 0.3) is 10.8 Å². The van der Waals surface area contributed by atoms with Crippen molar-refractivity contribution in [1.82, 2.24) is 0 Å². The Morgan fingerprint density at radius 3 is 2.62 bits per heavy atom. The number of halogens is 1. The average Bonchev–Trinajstić information content (AvgIpc) is 2.98. The minimum Gasteiger partial charge on any atom is -0.491 e. The molecule has 21 heavy (non-hydrogen) atoms. The number of ether oxygens (including phenoxy) is 1. The van der Waals surface area contributed by atoms with Crippen molar-refractivity contribution in [2.45, 2.75) is 38.2 Å². The molecule has 0 spiro atoms. The monoisotopic (exact) mass is 348 g/mol. The van der Waals surface area contributed by atoms with Crippen LogP contribution in [0.15, 0.2) is 40.9 Å². The van der Waals surface area contributed by atoms with E-state index in [1.165, 1.54) is 31.1 Å². The van der Waals surface area contributed by atoms with Crippen LogP contribution in [0.1, 0.15) is 32.1 Å². The highest BCUT2D eigenvalue weighted by Gasteiger charge is 2.19. The van der Waals surface area contributed by atoms with Gasteiger partial charge in [-0.05, 0) is 47.4 Å². The molecular formula is C18H21BrO2. The Labute approximate surface area is 134 Å². The van der Waals surface area contributed by atoms with Gasteiger partial charge in [-0.3, -0.25) is 0 Å². The predicted octanol–water partition coefficient (Wildman–Crippen LogP) is 4.92. The van der Waals surface area contributed by atoms with Gasteiger partial charge in [-0.15, -0.1) is 0 Å². The highest BCUT2D eigenvalue weighted by atomic mass is 79.9. The summed E-state index contributed by atoms with van der Waals surface area (Å²) >= 11 is 3.48. The van der Waals surface area contributed by atoms with Gasteiger partial charge in [0.15, 0.2) is 0 Å². The first-order chi connectivity index (χ1) is 10.2. The summed E-state index contributed by atoms with van der Waals surface area (Å²) in [7, 11) is 0. The van der Waals surface area contributed by atoms with Gasteiger partial charge in [-0.25, -0.2) is 0 Å². The fraction of sp³-hybridized carbons (Fsp3) is 0.444. The van der Waals surface area contributed by atoms with Crippen LogP contribution in [-0.4, -0.2) is 17.8 Å². The van der Waals surface area contributed by atoms with E-state index < -0.39 is 0 Å². The SMILES string of the molecule is OC(COc1ccc2cc(Br)ccc2c1)CC1CCCC1. The summed E-state index contributed by atoms with van der Waals surface area (Å²) in [6.45, 7) is 0.387. The Hall–Kier alpha value is -1.06. The molecule has 1 N–H and O–H groups in total. The van der Waals surface area contributed by atoms with E-state index in [1.54, 1.807) is 0 Å². The number of rotatable bonds is 5. The molecule has 0 amide bonds. The second-order valence-corrected chi connectivity index (χ2v) is 6.92. The highest BCUT2D eigenvalue weighted by Crippen LogP contribution is 2.29. The summed E-state index contributed by atoms with van der Waals surface area (Å²) in [5.74, 6) is 1.52. The predicted molar refractivity (Wildman–Crippen MR) is 89.7 cm³/mol. The summed E-state index contributed by atoms with van der Waals surface area (Å²) in [6, 6.07) is 12.2. The van der Waals surface area contributed by atoms with Crippen molar-refractivity contribution in [1.29, 1.82) is 0 Å². The second-order valence-electron chi connectivity index (χ2n) is 6.00. The van der Waals surface area contributed by atoms with E-state index in [0.717, 1.165) is 22.0 Å². The summed E-state index contributed by atoms with van der Waals surface area (Å²) < 4.78 is 6.83. The molecule has 3 heteroatoms. The van der Waals surface area contributed by atoms with Gasteiger partial charge in [-0.2, -0.15) is 0 Å². The van der Waals surface area contributed by atoms with Crippen molar-refractivity contribution in [3.8, 4) is 5.75 Å². The van der Waals surface area contributed by atoms with Crippen LogP contribution in [0.2, 0.25) is 0 Å². The summed E-state index contributed by atoms with van der Waals surface area (Å²) in [6.07, 6.45) is 5.69. The zero-order valence-electron chi connectivity index (χ0n) is 12.1. The van der Waals surface area contributed by atoms with Crippen molar-refractivity contribution < 1.29 is 9.84 Å². The van der Waals surface area contributed by atoms with E-state index in [4.69, 9.17) is 4.74 Å². The number of fused-ring (bicyclic) bond motifs is 1. The summed E-state index contributed by atoms with van der Waals surface area (Å²) in [5, 5.41) is 12.4. The molecule has 2 aromatic rings. The van der Waals surface area contributed by atoms with Crippen molar-refractivity contribution >= 4 is 26.7 Å². The minimum atomic E-state index is -0.353. The van der Waals surface area contributed by atoms with Gasteiger partial charge in [0.05, 0.1) is 6.10 Å². The molecule has 0 bridgehead atoms. The molecule has 1 saturated carbocycles. The van der Waals surface area contributed by atoms with E-state index in [2.05, 4.69) is 34.1 Å². The zero-order valence-corrected chi connectivity index (χ0v) is 13.7. The van der Waals surface area contributed by atoms with Crippen LogP contribution in [0.3, 0.4) is 0 Å². The molecule has 2 aromatic carbocycles. The smallest absolute Gasteiger partial charge is 0.120 e. The number of hydrogen-bond acceptors (Lipinski definition) is 2. The third-order valence-corrected chi connectivity index (χ3v) is 4.79. The molecule has 1 aliphatic carbocycles. The van der Waals surface area contributed by atoms with Crippen LogP contribution in [0.4, 0.5) is 0 Å². The maximum Gasteiger partial charge on any atom is 0.120 e. The van der Waals surface area contributed by atoms with E-state index in [9.17, 15) is 5.11 Å². The average molecular weight is 349 g/mol. The molecular weight excluding hydrogens is 328 g/mol. The maximum atomic E-state index is 10.1. The lowest BCUT2D eigenvalue weighted by atomic mass is 10.0. The summed E-state index contributed by atoms with van der Waals surface area (Å²) in [5.41, 5.74) is 0. The fourth-order valence-electron chi connectivity index (χ4n) is 3.18. The molecule has 1 atom stereocenters. The lowest BCUT2D eigenvalue weighted by molar-refractivity contribution is 0.0856. The molecule has 112 valence electrons. The molecule has 0 radical (unpaired) electrons. The van der Waals surface area contributed by atoms with E-state index >= 15 is 0 Å². The Morgan fingerprint density at radius 1 is 1.10 bits per heavy atom. The highest BCUT2D eigenvalue weighted by molar-refractivity contribution is 9.10. The largest absolute Gasteiger partial charge is 0.491 e. The standard InChI is InChI=1S/C18H21BrO2/c19-16-7-5-15-11-18(8-6-14(15)10-16)21-12-17(20)9-13-3-1-2-4-13/h5-8,10-11,13,17,20H,1-4,9,12H2. The fourth-order valence-corrected chi connectivity index (χ4v) is 3.55. The molecule has 1 aliphatic rings. The van der Waals surface area contributed by atoms with E-state index in [1.807, 2.05) is 18.2 Å². The van der Waals surface area contributed by atoms with Crippen LogP contribution in [-0.2, 0) is 0 Å². The molecule has 0 aromatic heterocycles. The maximum absolute atomic E-state index is 10.1. The summed E-state index contributed by atoms with van der Waals surface area (Å²) in [4.78, 5) is 0. The lowest BCUT2D eigenvalue weighted by Gasteiger charge is -2.16. The van der Waals surface area contributed by atoms with Crippen LogP contribution in [0, 0.1) is 5.92 Å². The number of aliphatic hydroxyl groups excluding tert-OH is 1. The Morgan fingerprint density at radius 2 is 1.81 bits per heavy atom. The Balaban J connectivity index is 1.58. The van der Waals surface area contributed by atoms with Crippen LogP contribution in [0.5, 0.6) is 5.75 Å². The number of hydrogen-bond donors (Lipinski definition) is 1. The molecule has 3 rings (SSSR count). The van der Waals surface area contributed by atoms with Crippen molar-refractivity contribution in [2.75, 3.05) is 6.61 Å². The van der Waals surface area contributed by atoms with Crippen LogP contribution < -0.4 is 4.74 Å². The van der Waals surface area contributed by atoms with Gasteiger partial charge in [0, 0.05) is 4.47 Å².